The predicted octanol–water partition coefficient (Wildman–Crippen LogP) is 6.67. The Morgan fingerprint density at radius 2 is 1.09 bits per heavy atom. The monoisotopic (exact) mass is 729 g/mol. The van der Waals surface area contributed by atoms with Gasteiger partial charge in [0.05, 0.1) is 23.8 Å². The van der Waals surface area contributed by atoms with Gasteiger partial charge in [0.15, 0.2) is 27.5 Å². The number of Topliss-reactive ketones (excluding diaryl/α,β-unsaturated/α-hetero) is 1. The first kappa shape index (κ1) is 32.5. The van der Waals surface area contributed by atoms with E-state index < -0.39 is 23.3 Å². The number of aromatic carboxylic acids is 2. The summed E-state index contributed by atoms with van der Waals surface area (Å²) in [6.07, 6.45) is 3.48. The lowest BCUT2D eigenvalue weighted by atomic mass is 10.0. The van der Waals surface area contributed by atoms with E-state index in [2.05, 4.69) is 35.6 Å². The first-order chi connectivity index (χ1) is 21.3. The van der Waals surface area contributed by atoms with Gasteiger partial charge in [0.2, 0.25) is 0 Å². The van der Waals surface area contributed by atoms with Crippen molar-refractivity contribution in [1.82, 2.24) is 44.9 Å². The maximum atomic E-state index is 13.0. The number of aromatic nitrogens is 9. The molecular formula is C25H13Cl6N9O5. The van der Waals surface area contributed by atoms with E-state index >= 15 is 0 Å². The lowest BCUT2D eigenvalue weighted by Crippen LogP contribution is -2.07. The first-order valence-electron chi connectivity index (χ1n) is 12.3. The van der Waals surface area contributed by atoms with Gasteiger partial charge in [-0.15, -0.1) is 10.2 Å². The number of hydrogen-bond donors (Lipinski definition) is 2. The van der Waals surface area contributed by atoms with Gasteiger partial charge in [-0.2, -0.15) is 0 Å². The van der Waals surface area contributed by atoms with Gasteiger partial charge in [-0.25, -0.2) is 33.9 Å². The number of ketones is 1. The Hall–Kier alpha value is -3.92. The Bertz CT molecular complexity index is 1920. The third-order valence-electron chi connectivity index (χ3n) is 6.03. The molecule has 0 radical (unpaired) electrons. The molecule has 14 nitrogen and oxygen atoms in total. The number of carboxylic acid groups (broad SMARTS) is 2. The minimum Gasteiger partial charge on any atom is -0.476 e. The molecule has 5 aromatic rings. The van der Waals surface area contributed by atoms with E-state index in [-0.39, 0.29) is 82.3 Å². The van der Waals surface area contributed by atoms with Crippen molar-refractivity contribution in [3.63, 3.8) is 0 Å². The fraction of sp³-hybridized carbons (Fsp3) is 0.120. The largest absolute Gasteiger partial charge is 0.476 e. The van der Waals surface area contributed by atoms with Gasteiger partial charge in [-0.1, -0.05) is 87.0 Å². The third-order valence-corrected chi connectivity index (χ3v) is 8.20. The smallest absolute Gasteiger partial charge is 0.356 e. The molecular weight excluding hydrogens is 719 g/mol. The maximum Gasteiger partial charge on any atom is 0.356 e. The normalized spacial score (nSPS) is 11.2. The molecule has 5 rings (SSSR count). The lowest BCUT2D eigenvalue weighted by molar-refractivity contribution is 0.0680. The molecule has 0 atom stereocenters. The zero-order chi connectivity index (χ0) is 32.7. The molecule has 0 bridgehead atoms. The molecule has 230 valence electrons. The lowest BCUT2D eigenvalue weighted by Gasteiger charge is -2.09. The number of hydrogen-bond acceptors (Lipinski definition) is 10. The van der Waals surface area contributed by atoms with Crippen LogP contribution in [-0.4, -0.2) is 72.9 Å². The minimum absolute atomic E-state index is 0.0960. The topological polar surface area (TPSA) is 192 Å². The zero-order valence-corrected chi connectivity index (χ0v) is 26.7. The molecule has 0 saturated carbocycles. The molecule has 0 spiro atoms. The number of carbonyl (C=O) groups is 3. The summed E-state index contributed by atoms with van der Waals surface area (Å²) in [5.74, 6) is -3.10. The molecule has 0 unspecified atom stereocenters. The molecule has 0 aliphatic rings. The minimum atomic E-state index is -1.45. The van der Waals surface area contributed by atoms with E-state index in [1.165, 1.54) is 24.5 Å². The quantitative estimate of drug-likeness (QED) is 0.121. The average molecular weight is 732 g/mol. The van der Waals surface area contributed by atoms with Crippen molar-refractivity contribution in [2.45, 2.75) is 19.8 Å². The van der Waals surface area contributed by atoms with Crippen LogP contribution in [0.4, 0.5) is 0 Å². The molecule has 0 fully saturated rings. The Labute approximate surface area is 281 Å². The molecule has 0 aromatic carbocycles. The second-order valence-corrected chi connectivity index (χ2v) is 11.2. The Balaban J connectivity index is 1.64. The number of pyridine rings is 3. The SMILES string of the molecule is CCCC(=O)c1cc(-c2cn(-c3c(Cl)c(Cl)nc(C(=O)O)c3Cl)nn2)nc(-c2cn(-c3c(Cl)c(Cl)nc(C(=O)O)c3Cl)nn2)c1. The van der Waals surface area contributed by atoms with Gasteiger partial charge in [0.1, 0.15) is 42.9 Å². The summed E-state index contributed by atoms with van der Waals surface area (Å²) in [7, 11) is 0. The summed E-state index contributed by atoms with van der Waals surface area (Å²) in [5, 5.41) is 33.4. The highest BCUT2D eigenvalue weighted by atomic mass is 35.5. The van der Waals surface area contributed by atoms with Crippen LogP contribution in [0.5, 0.6) is 0 Å². The molecule has 20 heteroatoms. The van der Waals surface area contributed by atoms with Gasteiger partial charge in [-0.05, 0) is 18.6 Å². The summed E-state index contributed by atoms with van der Waals surface area (Å²) in [6, 6.07) is 2.97. The van der Waals surface area contributed by atoms with Crippen LogP contribution in [0.1, 0.15) is 51.1 Å². The fourth-order valence-electron chi connectivity index (χ4n) is 4.00. The van der Waals surface area contributed by atoms with E-state index in [9.17, 15) is 24.6 Å². The number of carboxylic acids is 2. The van der Waals surface area contributed by atoms with Crippen LogP contribution in [0.2, 0.25) is 30.4 Å². The number of rotatable bonds is 9. The predicted molar refractivity (Wildman–Crippen MR) is 164 cm³/mol. The fourth-order valence-corrected chi connectivity index (χ4v) is 5.50. The summed E-state index contributed by atoms with van der Waals surface area (Å²) in [4.78, 5) is 48.2. The van der Waals surface area contributed by atoms with Gasteiger partial charge in [0.25, 0.3) is 0 Å². The number of carbonyl (C=O) groups excluding carboxylic acids is 1. The molecule has 5 heterocycles. The van der Waals surface area contributed by atoms with E-state index in [4.69, 9.17) is 69.6 Å². The Kier molecular flexibility index (Phi) is 9.26. The van der Waals surface area contributed by atoms with Crippen molar-refractivity contribution in [2.75, 3.05) is 0 Å². The third kappa shape index (κ3) is 6.17. The van der Waals surface area contributed by atoms with Crippen LogP contribution in [-0.2, 0) is 0 Å². The van der Waals surface area contributed by atoms with E-state index in [1.54, 1.807) is 0 Å². The summed E-state index contributed by atoms with van der Waals surface area (Å²) in [5.41, 5.74) is -0.463. The van der Waals surface area contributed by atoms with E-state index in [1.807, 2.05) is 6.92 Å². The van der Waals surface area contributed by atoms with Crippen LogP contribution < -0.4 is 0 Å². The summed E-state index contributed by atoms with van der Waals surface area (Å²) in [6.45, 7) is 1.84. The van der Waals surface area contributed by atoms with Crippen LogP contribution in [0.15, 0.2) is 24.5 Å². The van der Waals surface area contributed by atoms with E-state index in [0.29, 0.717) is 6.42 Å². The standard InChI is InChI=1S/C25H13Cl6N9O5/c1-2-3-13(41)8-4-9(11-6-39(37-35-11)20-14(26)18(24(42)43)33-22(30)16(20)28)32-10(5-8)12-7-40(38-36-12)21-15(27)19(25(44)45)34-23(31)17(21)29/h4-7H,2-3H2,1H3,(H,42,43)(H,44,45). The van der Waals surface area contributed by atoms with Crippen molar-refractivity contribution < 1.29 is 24.6 Å². The molecule has 0 amide bonds. The van der Waals surface area contributed by atoms with Gasteiger partial charge >= 0.3 is 11.9 Å². The molecule has 0 saturated heterocycles. The van der Waals surface area contributed by atoms with Crippen molar-refractivity contribution in [3.05, 3.63) is 71.9 Å². The molecule has 45 heavy (non-hydrogen) atoms. The second-order valence-electron chi connectivity index (χ2n) is 8.96. The molecule has 0 aliphatic heterocycles. The highest BCUT2D eigenvalue weighted by Crippen LogP contribution is 2.37. The van der Waals surface area contributed by atoms with E-state index in [0.717, 1.165) is 9.36 Å². The first-order valence-corrected chi connectivity index (χ1v) is 14.6. The van der Waals surface area contributed by atoms with Gasteiger partial charge in [0, 0.05) is 12.0 Å². The molecule has 5 aromatic heterocycles. The average Bonchev–Trinajstić information content (AvgIpc) is 3.68. The van der Waals surface area contributed by atoms with Gasteiger partial charge in [-0.3, -0.25) is 4.79 Å². The maximum absolute atomic E-state index is 13.0. The van der Waals surface area contributed by atoms with Crippen LogP contribution in [0.3, 0.4) is 0 Å². The van der Waals surface area contributed by atoms with Crippen LogP contribution in [0.25, 0.3) is 34.2 Å². The highest BCUT2D eigenvalue weighted by molar-refractivity contribution is 6.46. The molecule has 0 aliphatic carbocycles. The molecule has 2 N–H and O–H groups in total. The summed E-state index contributed by atoms with van der Waals surface area (Å²) < 4.78 is 2.19. The Morgan fingerprint density at radius 1 is 0.667 bits per heavy atom. The number of nitrogens with zero attached hydrogens (tertiary/aromatic N) is 9. The van der Waals surface area contributed by atoms with Gasteiger partial charge < -0.3 is 10.2 Å². The van der Waals surface area contributed by atoms with Crippen LogP contribution in [0, 0.1) is 0 Å². The van der Waals surface area contributed by atoms with Crippen molar-refractivity contribution >= 4 is 87.3 Å². The Morgan fingerprint density at radius 3 is 1.47 bits per heavy atom. The highest BCUT2D eigenvalue weighted by Gasteiger charge is 2.26. The van der Waals surface area contributed by atoms with Crippen molar-refractivity contribution in [2.24, 2.45) is 0 Å². The van der Waals surface area contributed by atoms with Crippen molar-refractivity contribution in [1.29, 1.82) is 0 Å². The number of halogens is 6. The van der Waals surface area contributed by atoms with Crippen LogP contribution >= 0.6 is 69.6 Å². The second kappa shape index (κ2) is 12.8. The zero-order valence-electron chi connectivity index (χ0n) is 22.1. The van der Waals surface area contributed by atoms with Crippen molar-refractivity contribution in [3.8, 4) is 34.2 Å². The summed E-state index contributed by atoms with van der Waals surface area (Å²) >= 11 is 37.2.